The van der Waals surface area contributed by atoms with E-state index < -0.39 is 17.1 Å². The highest BCUT2D eigenvalue weighted by atomic mass is 16.7. The SMILES string of the molecule is C=C(C)[C@H]1CC[C@@]23O[C@@H]2[C@@H](C/C(C)=C/[C@@]2(O)C=C(C)C(=O)[C@@H]12)OC3=O. The minimum absolute atomic E-state index is 0.0442. The Balaban J connectivity index is 1.79. The summed E-state index contributed by atoms with van der Waals surface area (Å²) >= 11 is 0. The number of carbonyl (C=O) groups is 2. The van der Waals surface area contributed by atoms with Crippen molar-refractivity contribution in [3.63, 3.8) is 0 Å². The lowest BCUT2D eigenvalue weighted by molar-refractivity contribution is -0.154. The van der Waals surface area contributed by atoms with Crippen LogP contribution in [0.5, 0.6) is 0 Å². The quantitative estimate of drug-likeness (QED) is 0.448. The van der Waals surface area contributed by atoms with E-state index in [1.165, 1.54) is 0 Å². The number of rotatable bonds is 1. The minimum atomic E-state index is -1.31. The van der Waals surface area contributed by atoms with E-state index in [9.17, 15) is 14.7 Å². The lowest BCUT2D eigenvalue weighted by Crippen LogP contribution is -2.41. The van der Waals surface area contributed by atoms with E-state index in [1.54, 1.807) is 19.1 Å². The summed E-state index contributed by atoms with van der Waals surface area (Å²) in [5.74, 6) is -1.16. The summed E-state index contributed by atoms with van der Waals surface area (Å²) in [4.78, 5) is 25.1. The maximum Gasteiger partial charge on any atom is 0.341 e. The van der Waals surface area contributed by atoms with Gasteiger partial charge >= 0.3 is 5.97 Å². The van der Waals surface area contributed by atoms with E-state index >= 15 is 0 Å². The zero-order chi connectivity index (χ0) is 18.1. The summed E-state index contributed by atoms with van der Waals surface area (Å²) in [6.07, 6.45) is 4.44. The van der Waals surface area contributed by atoms with Crippen molar-refractivity contribution in [1.29, 1.82) is 0 Å². The van der Waals surface area contributed by atoms with Crippen molar-refractivity contribution < 1.29 is 24.2 Å². The van der Waals surface area contributed by atoms with Gasteiger partial charge in [0.25, 0.3) is 0 Å². The molecule has 2 saturated heterocycles. The van der Waals surface area contributed by atoms with Crippen LogP contribution in [0.4, 0.5) is 0 Å². The number of ether oxygens (including phenoxy) is 2. The van der Waals surface area contributed by atoms with Crippen LogP contribution in [-0.2, 0) is 19.1 Å². The van der Waals surface area contributed by atoms with Gasteiger partial charge in [-0.2, -0.15) is 0 Å². The molecule has 2 bridgehead atoms. The number of esters is 1. The summed E-state index contributed by atoms with van der Waals surface area (Å²) in [5, 5.41) is 11.3. The molecule has 0 radical (unpaired) electrons. The maximum atomic E-state index is 12.8. The number of epoxide rings is 1. The van der Waals surface area contributed by atoms with Gasteiger partial charge in [-0.05, 0) is 57.3 Å². The smallest absolute Gasteiger partial charge is 0.341 e. The molecule has 6 atom stereocenters. The van der Waals surface area contributed by atoms with Gasteiger partial charge in [-0.3, -0.25) is 4.79 Å². The molecule has 0 unspecified atom stereocenters. The first-order valence-corrected chi connectivity index (χ1v) is 8.86. The molecular formula is C20H24O5. The molecule has 5 nitrogen and oxygen atoms in total. The van der Waals surface area contributed by atoms with Crippen molar-refractivity contribution in [3.8, 4) is 0 Å². The molecule has 0 aromatic heterocycles. The van der Waals surface area contributed by atoms with Crippen molar-refractivity contribution in [2.45, 2.75) is 63.4 Å². The zero-order valence-electron chi connectivity index (χ0n) is 14.9. The van der Waals surface area contributed by atoms with Gasteiger partial charge in [0.15, 0.2) is 11.4 Å². The summed E-state index contributed by atoms with van der Waals surface area (Å²) in [6, 6.07) is 0. The predicted octanol–water partition coefficient (Wildman–Crippen LogP) is 2.25. The van der Waals surface area contributed by atoms with Gasteiger partial charge in [0.05, 0.1) is 5.92 Å². The minimum Gasteiger partial charge on any atom is -0.457 e. The van der Waals surface area contributed by atoms with Crippen molar-refractivity contribution in [3.05, 3.63) is 35.5 Å². The first kappa shape index (κ1) is 16.7. The van der Waals surface area contributed by atoms with E-state index in [0.29, 0.717) is 24.8 Å². The summed E-state index contributed by atoms with van der Waals surface area (Å²) in [6.45, 7) is 9.56. The second-order valence-corrected chi connectivity index (χ2v) is 8.11. The van der Waals surface area contributed by atoms with Crippen molar-refractivity contribution in [1.82, 2.24) is 0 Å². The van der Waals surface area contributed by atoms with E-state index in [4.69, 9.17) is 9.47 Å². The van der Waals surface area contributed by atoms with Crippen LogP contribution >= 0.6 is 0 Å². The van der Waals surface area contributed by atoms with Gasteiger partial charge in [0.1, 0.15) is 17.8 Å². The fourth-order valence-electron chi connectivity index (χ4n) is 4.92. The average molecular weight is 344 g/mol. The Morgan fingerprint density at radius 2 is 2.04 bits per heavy atom. The highest BCUT2D eigenvalue weighted by Gasteiger charge is 2.72. The summed E-state index contributed by atoms with van der Waals surface area (Å²) < 4.78 is 11.3. The standard InChI is InChI=1S/C20H24O5/c1-10(2)13-5-6-20-17(25-20)14(24-18(20)22)7-11(3)8-19(23)9-12(4)16(21)15(13)19/h8-9,13-15,17,23H,1,5-7H2,2-4H3/b11-8+/t13-,14-,15-,17-,19-,20-/m1/s1. The average Bonchev–Trinajstić information content (AvgIpc) is 3.12. The van der Waals surface area contributed by atoms with Gasteiger partial charge in [0, 0.05) is 6.42 Å². The third-order valence-electron chi connectivity index (χ3n) is 6.16. The lowest BCUT2D eigenvalue weighted by Gasteiger charge is -2.33. The molecule has 2 fully saturated rings. The van der Waals surface area contributed by atoms with Crippen molar-refractivity contribution in [2.75, 3.05) is 0 Å². The van der Waals surface area contributed by atoms with E-state index in [1.807, 2.05) is 13.8 Å². The third kappa shape index (κ3) is 2.29. The Morgan fingerprint density at radius 1 is 1.32 bits per heavy atom. The second kappa shape index (κ2) is 5.15. The molecule has 0 spiro atoms. The normalized spacial score (nSPS) is 47.7. The summed E-state index contributed by atoms with van der Waals surface area (Å²) in [5.41, 5.74) is 0.129. The van der Waals surface area contributed by atoms with E-state index in [2.05, 4.69) is 6.58 Å². The Labute approximate surface area is 147 Å². The maximum absolute atomic E-state index is 12.8. The van der Waals surface area contributed by atoms with Crippen LogP contribution < -0.4 is 0 Å². The number of allylic oxidation sites excluding steroid dienone is 2. The monoisotopic (exact) mass is 344 g/mol. The van der Waals surface area contributed by atoms with Gasteiger partial charge in [-0.1, -0.05) is 17.7 Å². The first-order chi connectivity index (χ1) is 11.7. The largest absolute Gasteiger partial charge is 0.457 e. The number of ketones is 1. The van der Waals surface area contributed by atoms with Crippen LogP contribution in [-0.4, -0.2) is 40.3 Å². The number of hydrogen-bond acceptors (Lipinski definition) is 5. The molecule has 2 heterocycles. The zero-order valence-corrected chi connectivity index (χ0v) is 14.9. The number of aliphatic hydroxyl groups is 1. The molecule has 2 aliphatic heterocycles. The Kier molecular flexibility index (Phi) is 3.44. The lowest BCUT2D eigenvalue weighted by atomic mass is 9.73. The third-order valence-corrected chi connectivity index (χ3v) is 6.16. The Bertz CT molecular complexity index is 747. The van der Waals surface area contributed by atoms with Crippen LogP contribution in [0.3, 0.4) is 0 Å². The number of fused-ring (bicyclic) bond motifs is 1. The first-order valence-electron chi connectivity index (χ1n) is 8.86. The number of Topliss-reactive ketones (excluding diaryl/α,β-unsaturated/α-hetero) is 1. The summed E-state index contributed by atoms with van der Waals surface area (Å²) in [7, 11) is 0. The number of hydrogen-bond donors (Lipinski definition) is 1. The topological polar surface area (TPSA) is 76.1 Å². The van der Waals surface area contributed by atoms with Crippen LogP contribution in [0.15, 0.2) is 35.5 Å². The molecule has 0 aromatic carbocycles. The Hall–Kier alpha value is -1.72. The highest BCUT2D eigenvalue weighted by molar-refractivity contribution is 6.01. The predicted molar refractivity (Wildman–Crippen MR) is 90.6 cm³/mol. The van der Waals surface area contributed by atoms with Crippen LogP contribution in [0.1, 0.15) is 40.0 Å². The van der Waals surface area contributed by atoms with Crippen LogP contribution in [0, 0.1) is 11.8 Å². The van der Waals surface area contributed by atoms with E-state index in [0.717, 1.165) is 11.1 Å². The van der Waals surface area contributed by atoms with Crippen molar-refractivity contribution >= 4 is 11.8 Å². The van der Waals surface area contributed by atoms with Gasteiger partial charge in [0.2, 0.25) is 0 Å². The highest BCUT2D eigenvalue weighted by Crippen LogP contribution is 2.54. The molecule has 2 aliphatic carbocycles. The number of carbonyl (C=O) groups excluding carboxylic acids is 2. The fraction of sp³-hybridized carbons (Fsp3) is 0.600. The van der Waals surface area contributed by atoms with Crippen LogP contribution in [0.25, 0.3) is 0 Å². The van der Waals surface area contributed by atoms with Gasteiger partial charge < -0.3 is 14.6 Å². The molecule has 4 aliphatic rings. The molecular weight excluding hydrogens is 320 g/mol. The fourth-order valence-corrected chi connectivity index (χ4v) is 4.92. The van der Waals surface area contributed by atoms with Crippen LogP contribution in [0.2, 0.25) is 0 Å². The molecule has 0 amide bonds. The molecule has 0 saturated carbocycles. The molecule has 134 valence electrons. The molecule has 1 N–H and O–H groups in total. The molecule has 0 aromatic rings. The van der Waals surface area contributed by atoms with Gasteiger partial charge in [-0.15, -0.1) is 0 Å². The molecule has 4 rings (SSSR count). The van der Waals surface area contributed by atoms with Gasteiger partial charge in [-0.25, -0.2) is 4.79 Å². The molecule has 25 heavy (non-hydrogen) atoms. The molecule has 5 heteroatoms. The Morgan fingerprint density at radius 3 is 2.68 bits per heavy atom. The van der Waals surface area contributed by atoms with Crippen molar-refractivity contribution in [2.24, 2.45) is 11.8 Å². The van der Waals surface area contributed by atoms with E-state index in [-0.39, 0.29) is 29.9 Å². The second-order valence-electron chi connectivity index (χ2n) is 8.11.